The van der Waals surface area contributed by atoms with Crippen LogP contribution in [0.2, 0.25) is 0 Å². The fourth-order valence-corrected chi connectivity index (χ4v) is 7.98. The fraction of sp³-hybridized carbons (Fsp3) is 0.679. The van der Waals surface area contributed by atoms with E-state index in [4.69, 9.17) is 23.4 Å². The number of fused-ring (bicyclic) bond motifs is 5. The van der Waals surface area contributed by atoms with Crippen molar-refractivity contribution in [1.82, 2.24) is 0 Å². The van der Waals surface area contributed by atoms with Gasteiger partial charge in [0.05, 0.1) is 14.2 Å². The van der Waals surface area contributed by atoms with Gasteiger partial charge in [-0.2, -0.15) is 0 Å². The molecule has 8 atom stereocenters. The number of rotatable bonds is 3. The largest absolute Gasteiger partial charge is 0.508 e. The lowest BCUT2D eigenvalue weighted by Gasteiger charge is -2.60. The number of ether oxygens (including phenoxy) is 4. The Morgan fingerprint density at radius 3 is 2.42 bits per heavy atom. The molecule has 0 amide bonds. The number of furan rings is 1. The maximum absolute atomic E-state index is 13.2. The molecule has 0 N–H and O–H groups in total. The average molecular weight is 501 g/mol. The van der Waals surface area contributed by atoms with Crippen molar-refractivity contribution in [2.45, 2.75) is 77.4 Å². The smallest absolute Gasteiger partial charge is 0.466 e. The van der Waals surface area contributed by atoms with Gasteiger partial charge in [0.1, 0.15) is 29.5 Å². The van der Waals surface area contributed by atoms with Crippen molar-refractivity contribution < 1.29 is 37.7 Å². The Balaban J connectivity index is 1.63. The van der Waals surface area contributed by atoms with Gasteiger partial charge in [0.25, 0.3) is 0 Å². The number of carbonyl (C=O) groups is 3. The molecular formula is C28H36O8. The van der Waals surface area contributed by atoms with Crippen LogP contribution in [0.3, 0.4) is 0 Å². The third-order valence-electron chi connectivity index (χ3n) is 9.67. The van der Waals surface area contributed by atoms with E-state index < -0.39 is 23.8 Å². The highest BCUT2D eigenvalue weighted by molar-refractivity contribution is 5.87. The maximum Gasteiger partial charge on any atom is 0.508 e. The Bertz CT molecular complexity index is 1090. The Labute approximate surface area is 211 Å². The lowest BCUT2D eigenvalue weighted by atomic mass is 9.45. The first-order chi connectivity index (χ1) is 17.1. The van der Waals surface area contributed by atoms with Crippen molar-refractivity contribution in [1.29, 1.82) is 0 Å². The molecule has 8 nitrogen and oxygen atoms in total. The number of hydrogen-bond acceptors (Lipinski definition) is 8. The van der Waals surface area contributed by atoms with Gasteiger partial charge < -0.3 is 23.4 Å². The first kappa shape index (κ1) is 24.9. The SMILES string of the molecule is COC(=O)O[C@H]1CC[C@@]2(C)C(=C[C@@H](c3ccc(C)o3)C3C2[C@H](OC(=O)OC)C[C@]2(C)C(=O)CCC32)C1. The molecule has 0 saturated heterocycles. The molecule has 0 bridgehead atoms. The van der Waals surface area contributed by atoms with Crippen molar-refractivity contribution >= 4 is 18.1 Å². The number of allylic oxidation sites excluding steroid dienone is 1. The predicted molar refractivity (Wildman–Crippen MR) is 128 cm³/mol. The van der Waals surface area contributed by atoms with E-state index in [1.807, 2.05) is 26.0 Å². The van der Waals surface area contributed by atoms with Gasteiger partial charge in [0.2, 0.25) is 0 Å². The van der Waals surface area contributed by atoms with Crippen molar-refractivity contribution in [3.05, 3.63) is 35.3 Å². The minimum absolute atomic E-state index is 0.0324. The molecule has 1 aromatic heterocycles. The minimum atomic E-state index is -0.723. The summed E-state index contributed by atoms with van der Waals surface area (Å²) in [5, 5.41) is 0. The van der Waals surface area contributed by atoms with Crippen LogP contribution in [0.4, 0.5) is 9.59 Å². The second-order valence-corrected chi connectivity index (χ2v) is 11.4. The monoisotopic (exact) mass is 500 g/mol. The predicted octanol–water partition coefficient (Wildman–Crippen LogP) is 5.73. The topological polar surface area (TPSA) is 101 Å². The highest BCUT2D eigenvalue weighted by Crippen LogP contribution is 2.67. The standard InChI is InChI=1S/C28H36O8/c1-15-6-8-20(34-15)18-13-16-12-17(35-25(30)32-4)10-11-27(16,2)24-21(36-26(31)33-5)14-28(3)19(23(18)24)7-9-22(28)29/h6,8,13,17-19,21,23-24H,7,9-12,14H2,1-5H3/t17-,18-,19?,21+,23?,24?,27-,28-/m0/s1. The van der Waals surface area contributed by atoms with Crippen LogP contribution in [0.1, 0.15) is 69.8 Å². The van der Waals surface area contributed by atoms with E-state index in [1.165, 1.54) is 19.8 Å². The van der Waals surface area contributed by atoms with E-state index in [0.29, 0.717) is 25.7 Å². The van der Waals surface area contributed by atoms with E-state index in [2.05, 4.69) is 13.0 Å². The van der Waals surface area contributed by atoms with Gasteiger partial charge in [-0.05, 0) is 62.0 Å². The lowest BCUT2D eigenvalue weighted by molar-refractivity contribution is -0.151. The van der Waals surface area contributed by atoms with Crippen LogP contribution in [0, 0.1) is 35.5 Å². The van der Waals surface area contributed by atoms with Crippen LogP contribution >= 0.6 is 0 Å². The Morgan fingerprint density at radius 2 is 1.75 bits per heavy atom. The fourth-order valence-electron chi connectivity index (χ4n) is 7.98. The van der Waals surface area contributed by atoms with Gasteiger partial charge in [-0.3, -0.25) is 4.79 Å². The summed E-state index contributed by atoms with van der Waals surface area (Å²) in [7, 11) is 2.62. The summed E-state index contributed by atoms with van der Waals surface area (Å²) < 4.78 is 27.3. The first-order valence-electron chi connectivity index (χ1n) is 12.9. The van der Waals surface area contributed by atoms with E-state index in [1.54, 1.807) is 0 Å². The normalized spacial score (nSPS) is 39.2. The Morgan fingerprint density at radius 1 is 1.03 bits per heavy atom. The number of ketones is 1. The lowest BCUT2D eigenvalue weighted by Crippen LogP contribution is -2.59. The number of aryl methyl sites for hydroxylation is 1. The molecule has 0 spiro atoms. The van der Waals surface area contributed by atoms with Gasteiger partial charge in [0, 0.05) is 30.1 Å². The van der Waals surface area contributed by atoms with Crippen LogP contribution < -0.4 is 0 Å². The van der Waals surface area contributed by atoms with Gasteiger partial charge in [-0.1, -0.05) is 25.5 Å². The zero-order chi connectivity index (χ0) is 25.8. The number of hydrogen-bond donors (Lipinski definition) is 0. The van der Waals surface area contributed by atoms with E-state index >= 15 is 0 Å². The third kappa shape index (κ3) is 3.84. The van der Waals surface area contributed by atoms with Crippen LogP contribution in [0.25, 0.3) is 0 Å². The quantitative estimate of drug-likeness (QED) is 0.383. The summed E-state index contributed by atoms with van der Waals surface area (Å²) >= 11 is 0. The molecule has 3 fully saturated rings. The molecule has 0 radical (unpaired) electrons. The van der Waals surface area contributed by atoms with Crippen LogP contribution in [0.5, 0.6) is 0 Å². The second kappa shape index (κ2) is 8.96. The van der Waals surface area contributed by atoms with Crippen LogP contribution in [-0.2, 0) is 23.7 Å². The summed E-state index contributed by atoms with van der Waals surface area (Å²) in [6.07, 6.45) is 4.01. The summed E-state index contributed by atoms with van der Waals surface area (Å²) in [5.41, 5.74) is 0.325. The summed E-state index contributed by atoms with van der Waals surface area (Å²) in [6.45, 7) is 6.21. The molecule has 0 aromatic carbocycles. The van der Waals surface area contributed by atoms with E-state index in [9.17, 15) is 14.4 Å². The number of methoxy groups -OCH3 is 2. The molecule has 4 aliphatic rings. The molecule has 0 aliphatic heterocycles. The molecule has 196 valence electrons. The zero-order valence-electron chi connectivity index (χ0n) is 21.7. The first-order valence-corrected chi connectivity index (χ1v) is 12.9. The molecular weight excluding hydrogens is 464 g/mol. The van der Waals surface area contributed by atoms with Gasteiger partial charge in [-0.25, -0.2) is 9.59 Å². The molecule has 36 heavy (non-hydrogen) atoms. The second-order valence-electron chi connectivity index (χ2n) is 11.4. The number of Topliss-reactive ketones (excluding diaryl/α,β-unsaturated/α-hetero) is 1. The minimum Gasteiger partial charge on any atom is -0.466 e. The molecule has 1 aromatic rings. The third-order valence-corrected chi connectivity index (χ3v) is 9.67. The van der Waals surface area contributed by atoms with Crippen molar-refractivity contribution in [2.24, 2.45) is 28.6 Å². The van der Waals surface area contributed by atoms with Crippen molar-refractivity contribution in [3.63, 3.8) is 0 Å². The van der Waals surface area contributed by atoms with E-state index in [0.717, 1.165) is 24.4 Å². The molecule has 1 heterocycles. The van der Waals surface area contributed by atoms with Gasteiger partial charge in [-0.15, -0.1) is 0 Å². The Kier molecular flexibility index (Phi) is 6.20. The number of carbonyl (C=O) groups excluding carboxylic acids is 3. The van der Waals surface area contributed by atoms with Gasteiger partial charge in [0.15, 0.2) is 0 Å². The van der Waals surface area contributed by atoms with Crippen molar-refractivity contribution in [3.8, 4) is 0 Å². The maximum atomic E-state index is 13.2. The summed E-state index contributed by atoms with van der Waals surface area (Å²) in [5.74, 6) is 2.02. The van der Waals surface area contributed by atoms with Crippen LogP contribution in [0.15, 0.2) is 28.2 Å². The average Bonchev–Trinajstić information content (AvgIpc) is 3.41. The molecule has 3 saturated carbocycles. The molecule has 3 unspecified atom stereocenters. The zero-order valence-corrected chi connectivity index (χ0v) is 21.7. The van der Waals surface area contributed by atoms with Crippen LogP contribution in [-0.4, -0.2) is 44.5 Å². The Hall–Kier alpha value is -2.77. The van der Waals surface area contributed by atoms with Crippen molar-refractivity contribution in [2.75, 3.05) is 14.2 Å². The summed E-state index contributed by atoms with van der Waals surface area (Å²) in [4.78, 5) is 37.5. The summed E-state index contributed by atoms with van der Waals surface area (Å²) in [6, 6.07) is 3.98. The molecule has 5 rings (SSSR count). The highest BCUT2D eigenvalue weighted by Gasteiger charge is 2.65. The van der Waals surface area contributed by atoms with Gasteiger partial charge >= 0.3 is 12.3 Å². The van der Waals surface area contributed by atoms with E-state index in [-0.39, 0.29) is 41.0 Å². The highest BCUT2D eigenvalue weighted by atomic mass is 16.7. The molecule has 8 heteroatoms. The molecule has 4 aliphatic carbocycles.